The molecule has 2 aromatic carbocycles. The van der Waals surface area contributed by atoms with Gasteiger partial charge in [-0.3, -0.25) is 14.9 Å². The number of rotatable bonds is 3. The van der Waals surface area contributed by atoms with Crippen LogP contribution in [0.2, 0.25) is 5.02 Å². The van der Waals surface area contributed by atoms with Crippen molar-refractivity contribution in [3.63, 3.8) is 0 Å². The second-order valence-corrected chi connectivity index (χ2v) is 6.96. The van der Waals surface area contributed by atoms with E-state index in [0.29, 0.717) is 5.56 Å². The fourth-order valence-electron chi connectivity index (χ4n) is 2.30. The van der Waals surface area contributed by atoms with Crippen molar-refractivity contribution in [1.82, 2.24) is 5.32 Å². The maximum Gasteiger partial charge on any atom is 0.418 e. The van der Waals surface area contributed by atoms with Gasteiger partial charge in [-0.1, -0.05) is 23.7 Å². The van der Waals surface area contributed by atoms with Crippen molar-refractivity contribution in [2.45, 2.75) is 6.18 Å². The van der Waals surface area contributed by atoms with Gasteiger partial charge in [0.05, 0.1) is 21.1 Å². The highest BCUT2D eigenvalue weighted by Crippen LogP contribution is 2.39. The van der Waals surface area contributed by atoms with E-state index >= 15 is 0 Å². The van der Waals surface area contributed by atoms with E-state index in [-0.39, 0.29) is 20.8 Å². The molecule has 1 amide bonds. The zero-order valence-corrected chi connectivity index (χ0v) is 15.2. The Morgan fingerprint density at radius 1 is 1.21 bits per heavy atom. The summed E-state index contributed by atoms with van der Waals surface area (Å²) in [6.07, 6.45) is -3.28. The van der Waals surface area contributed by atoms with Gasteiger partial charge in [-0.05, 0) is 41.6 Å². The molecule has 0 radical (unpaired) electrons. The summed E-state index contributed by atoms with van der Waals surface area (Å²) in [5, 5.41) is 13.1. The lowest BCUT2D eigenvalue weighted by atomic mass is 10.2. The first-order valence-corrected chi connectivity index (χ1v) is 8.74. The summed E-state index contributed by atoms with van der Waals surface area (Å²) in [6.45, 7) is 0. The fourth-order valence-corrected chi connectivity index (χ4v) is 3.31. The molecule has 1 aliphatic heterocycles. The number of halogens is 4. The number of hydrogen-bond acceptors (Lipinski definition) is 5. The number of nitro groups is 1. The van der Waals surface area contributed by atoms with Crippen LogP contribution in [0.15, 0.2) is 52.4 Å². The number of benzene rings is 2. The largest absolute Gasteiger partial charge is 0.418 e. The molecule has 1 aliphatic rings. The third kappa shape index (κ3) is 4.52. The van der Waals surface area contributed by atoms with Crippen LogP contribution < -0.4 is 5.32 Å². The number of carbonyl (C=O) groups is 1. The van der Waals surface area contributed by atoms with E-state index in [0.717, 1.165) is 23.9 Å². The Morgan fingerprint density at radius 2 is 1.96 bits per heavy atom. The summed E-state index contributed by atoms with van der Waals surface area (Å²) in [6, 6.07) is 8.71. The summed E-state index contributed by atoms with van der Waals surface area (Å²) in [5.74, 6) is -0.572. The van der Waals surface area contributed by atoms with Gasteiger partial charge in [0.1, 0.15) is 0 Å². The summed E-state index contributed by atoms with van der Waals surface area (Å²) < 4.78 is 39.5. The minimum Gasteiger partial charge on any atom is -0.300 e. The number of nitrogens with one attached hydrogen (secondary N) is 1. The molecule has 144 valence electrons. The molecule has 1 heterocycles. The lowest BCUT2D eigenvalue weighted by Gasteiger charge is -2.10. The van der Waals surface area contributed by atoms with E-state index in [2.05, 4.69) is 10.3 Å². The average Bonchev–Trinajstić information content (AvgIpc) is 2.95. The van der Waals surface area contributed by atoms with Crippen LogP contribution in [0.1, 0.15) is 11.1 Å². The van der Waals surface area contributed by atoms with E-state index in [9.17, 15) is 28.1 Å². The highest BCUT2D eigenvalue weighted by atomic mass is 35.5. The molecule has 28 heavy (non-hydrogen) atoms. The predicted octanol–water partition coefficient (Wildman–Crippen LogP) is 5.16. The molecule has 1 saturated heterocycles. The normalized spacial score (nSPS) is 17.2. The highest BCUT2D eigenvalue weighted by molar-refractivity contribution is 8.18. The van der Waals surface area contributed by atoms with Crippen molar-refractivity contribution >= 4 is 51.9 Å². The lowest BCUT2D eigenvalue weighted by molar-refractivity contribution is -0.384. The second-order valence-electron chi connectivity index (χ2n) is 5.49. The Balaban J connectivity index is 1.91. The van der Waals surface area contributed by atoms with E-state index in [1.165, 1.54) is 30.3 Å². The molecule has 0 aliphatic carbocycles. The SMILES string of the molecule is O=C1NC(=Nc2ccc(Cl)cc2C(F)(F)F)SC1=Cc1cccc([N+](=O)[O-])c1. The standard InChI is InChI=1S/C17H9ClF3N3O3S/c18-10-4-5-13(12(8-10)17(19,20)21)22-16-23-15(25)14(28-16)7-9-2-1-3-11(6-9)24(26)27/h1-8H,(H,22,23,25). The van der Waals surface area contributed by atoms with Gasteiger partial charge in [0.15, 0.2) is 5.17 Å². The van der Waals surface area contributed by atoms with E-state index in [1.54, 1.807) is 6.07 Å². The molecular formula is C17H9ClF3N3O3S. The molecule has 0 saturated carbocycles. The highest BCUT2D eigenvalue weighted by Gasteiger charge is 2.34. The molecule has 0 unspecified atom stereocenters. The number of amides is 1. The van der Waals surface area contributed by atoms with Crippen LogP contribution in [-0.2, 0) is 11.0 Å². The number of non-ortho nitro benzene ring substituents is 1. The molecule has 1 N–H and O–H groups in total. The van der Waals surface area contributed by atoms with Crippen LogP contribution in [0.5, 0.6) is 0 Å². The van der Waals surface area contributed by atoms with Crippen molar-refractivity contribution < 1.29 is 22.9 Å². The smallest absolute Gasteiger partial charge is 0.300 e. The fraction of sp³-hybridized carbons (Fsp3) is 0.0588. The summed E-state index contributed by atoms with van der Waals surface area (Å²) >= 11 is 6.46. The maximum atomic E-state index is 13.2. The van der Waals surface area contributed by atoms with E-state index < -0.39 is 28.3 Å². The van der Waals surface area contributed by atoms with Crippen molar-refractivity contribution in [2.75, 3.05) is 0 Å². The van der Waals surface area contributed by atoms with Gasteiger partial charge in [0, 0.05) is 17.2 Å². The first kappa shape index (κ1) is 19.9. The van der Waals surface area contributed by atoms with Crippen LogP contribution in [0.4, 0.5) is 24.5 Å². The third-order valence-electron chi connectivity index (χ3n) is 3.52. The van der Waals surface area contributed by atoms with Crippen molar-refractivity contribution in [3.05, 3.63) is 73.6 Å². The predicted molar refractivity (Wildman–Crippen MR) is 100 cm³/mol. The number of hydrogen-bond donors (Lipinski definition) is 1. The number of alkyl halides is 3. The minimum atomic E-state index is -4.67. The van der Waals surface area contributed by atoms with Crippen molar-refractivity contribution in [3.8, 4) is 0 Å². The molecule has 3 rings (SSSR count). The molecule has 0 bridgehead atoms. The van der Waals surface area contributed by atoms with Gasteiger partial charge in [0.2, 0.25) is 0 Å². The first-order valence-electron chi connectivity index (χ1n) is 7.54. The molecule has 0 spiro atoms. The van der Waals surface area contributed by atoms with Gasteiger partial charge in [-0.25, -0.2) is 4.99 Å². The quantitative estimate of drug-likeness (QED) is 0.416. The number of thioether (sulfide) groups is 1. The lowest BCUT2D eigenvalue weighted by Crippen LogP contribution is -2.19. The van der Waals surface area contributed by atoms with Crippen molar-refractivity contribution in [2.24, 2.45) is 4.99 Å². The summed E-state index contributed by atoms with van der Waals surface area (Å²) in [4.78, 5) is 26.3. The molecule has 2 aromatic rings. The maximum absolute atomic E-state index is 13.2. The topological polar surface area (TPSA) is 84.6 Å². The number of aliphatic imine (C=N–C) groups is 1. The van der Waals surface area contributed by atoms with Crippen LogP contribution in [0, 0.1) is 10.1 Å². The van der Waals surface area contributed by atoms with E-state index in [4.69, 9.17) is 11.6 Å². The third-order valence-corrected chi connectivity index (χ3v) is 4.66. The zero-order chi connectivity index (χ0) is 20.5. The Morgan fingerprint density at radius 3 is 2.64 bits per heavy atom. The van der Waals surface area contributed by atoms with Gasteiger partial charge in [-0.15, -0.1) is 0 Å². The summed E-state index contributed by atoms with van der Waals surface area (Å²) in [7, 11) is 0. The number of nitro benzene ring substituents is 1. The van der Waals surface area contributed by atoms with Gasteiger partial charge < -0.3 is 5.32 Å². The molecule has 0 aromatic heterocycles. The molecule has 0 atom stereocenters. The van der Waals surface area contributed by atoms with Crippen LogP contribution >= 0.6 is 23.4 Å². The molecule has 6 nitrogen and oxygen atoms in total. The Kier molecular flexibility index (Phi) is 5.43. The number of amidine groups is 1. The van der Waals surface area contributed by atoms with Gasteiger partial charge in [-0.2, -0.15) is 13.2 Å². The van der Waals surface area contributed by atoms with Crippen molar-refractivity contribution in [1.29, 1.82) is 0 Å². The van der Waals surface area contributed by atoms with Crippen LogP contribution in [-0.4, -0.2) is 16.0 Å². The van der Waals surface area contributed by atoms with Gasteiger partial charge in [0.25, 0.3) is 11.6 Å². The second kappa shape index (κ2) is 7.64. The molecule has 1 fully saturated rings. The first-order chi connectivity index (χ1) is 13.1. The summed E-state index contributed by atoms with van der Waals surface area (Å²) in [5.41, 5.74) is -1.17. The molecular weight excluding hydrogens is 419 g/mol. The zero-order valence-electron chi connectivity index (χ0n) is 13.7. The van der Waals surface area contributed by atoms with Crippen LogP contribution in [0.25, 0.3) is 6.08 Å². The average molecular weight is 428 g/mol. The Labute approximate surface area is 165 Å². The Bertz CT molecular complexity index is 1040. The number of nitrogens with zero attached hydrogens (tertiary/aromatic N) is 2. The van der Waals surface area contributed by atoms with Gasteiger partial charge >= 0.3 is 6.18 Å². The number of carbonyl (C=O) groups excluding carboxylic acids is 1. The van der Waals surface area contributed by atoms with Crippen LogP contribution in [0.3, 0.4) is 0 Å². The Hall–Kier alpha value is -2.85. The monoisotopic (exact) mass is 427 g/mol. The van der Waals surface area contributed by atoms with E-state index in [1.807, 2.05) is 0 Å². The molecule has 11 heteroatoms. The minimum absolute atomic E-state index is 0.0468.